The molecule has 0 aliphatic carbocycles. The number of halogens is 1. The van der Waals surface area contributed by atoms with Gasteiger partial charge in [0, 0.05) is 35.8 Å². The molecule has 1 fully saturated rings. The molecule has 2 rings (SSSR count). The summed E-state index contributed by atoms with van der Waals surface area (Å²) in [4.78, 5) is 19.0. The largest absolute Gasteiger partial charge is 0.465 e. The van der Waals surface area contributed by atoms with Crippen LogP contribution in [0, 0.1) is 0 Å². The fraction of sp³-hybridized carbons (Fsp3) is 0.500. The number of amides is 1. The predicted molar refractivity (Wildman–Crippen MR) is 72.9 cm³/mol. The fourth-order valence-corrected chi connectivity index (χ4v) is 2.69. The molecule has 0 bridgehead atoms. The lowest BCUT2D eigenvalue weighted by Crippen LogP contribution is -2.58. The maximum atomic E-state index is 11.0. The van der Waals surface area contributed by atoms with E-state index in [9.17, 15) is 4.79 Å². The van der Waals surface area contributed by atoms with Gasteiger partial charge in [0.15, 0.2) is 0 Å². The van der Waals surface area contributed by atoms with Crippen LogP contribution < -0.4 is 4.90 Å². The molecule has 2 atom stereocenters. The van der Waals surface area contributed by atoms with Crippen molar-refractivity contribution in [2.45, 2.75) is 25.9 Å². The van der Waals surface area contributed by atoms with Gasteiger partial charge in [0.05, 0.1) is 0 Å². The molecule has 18 heavy (non-hydrogen) atoms. The van der Waals surface area contributed by atoms with Gasteiger partial charge in [0.1, 0.15) is 5.82 Å². The van der Waals surface area contributed by atoms with Gasteiger partial charge in [-0.3, -0.25) is 0 Å². The molecule has 1 saturated heterocycles. The van der Waals surface area contributed by atoms with E-state index in [4.69, 9.17) is 5.11 Å². The summed E-state index contributed by atoms with van der Waals surface area (Å²) in [5.74, 6) is 0.892. The molecule has 1 aliphatic rings. The van der Waals surface area contributed by atoms with Crippen LogP contribution in [0.3, 0.4) is 0 Å². The Balaban J connectivity index is 2.19. The van der Waals surface area contributed by atoms with Crippen molar-refractivity contribution in [3.63, 3.8) is 0 Å². The van der Waals surface area contributed by atoms with Gasteiger partial charge in [-0.2, -0.15) is 0 Å². The molecule has 0 saturated carbocycles. The second-order valence-electron chi connectivity index (χ2n) is 4.63. The summed E-state index contributed by atoms with van der Waals surface area (Å²) < 4.78 is 0.940. The molecule has 2 heterocycles. The van der Waals surface area contributed by atoms with Gasteiger partial charge < -0.3 is 14.9 Å². The van der Waals surface area contributed by atoms with Crippen LogP contribution in [0.5, 0.6) is 0 Å². The van der Waals surface area contributed by atoms with Crippen LogP contribution in [0.1, 0.15) is 13.8 Å². The average molecular weight is 314 g/mol. The highest BCUT2D eigenvalue weighted by atomic mass is 79.9. The SMILES string of the molecule is CC1CN(C(=O)O)CC(C)N1c1ccc(Br)cn1. The van der Waals surface area contributed by atoms with E-state index in [0.717, 1.165) is 10.3 Å². The molecule has 0 spiro atoms. The molecule has 1 amide bonds. The van der Waals surface area contributed by atoms with E-state index in [-0.39, 0.29) is 12.1 Å². The van der Waals surface area contributed by atoms with Gasteiger partial charge in [-0.25, -0.2) is 9.78 Å². The molecule has 1 aromatic rings. The van der Waals surface area contributed by atoms with Crippen LogP contribution >= 0.6 is 15.9 Å². The summed E-state index contributed by atoms with van der Waals surface area (Å²) in [6, 6.07) is 4.15. The van der Waals surface area contributed by atoms with Gasteiger partial charge in [0.2, 0.25) is 0 Å². The van der Waals surface area contributed by atoms with Crippen molar-refractivity contribution in [3.8, 4) is 0 Å². The molecule has 1 N–H and O–H groups in total. The van der Waals surface area contributed by atoms with E-state index in [1.54, 1.807) is 6.20 Å². The highest BCUT2D eigenvalue weighted by Gasteiger charge is 2.32. The van der Waals surface area contributed by atoms with Crippen LogP contribution in [0.15, 0.2) is 22.8 Å². The maximum Gasteiger partial charge on any atom is 0.407 e. The number of hydrogen-bond acceptors (Lipinski definition) is 3. The highest BCUT2D eigenvalue weighted by Crippen LogP contribution is 2.23. The number of nitrogens with zero attached hydrogens (tertiary/aromatic N) is 3. The second-order valence-corrected chi connectivity index (χ2v) is 5.54. The minimum absolute atomic E-state index is 0.124. The number of pyridine rings is 1. The van der Waals surface area contributed by atoms with Gasteiger partial charge in [0.25, 0.3) is 0 Å². The fourth-order valence-electron chi connectivity index (χ4n) is 2.45. The summed E-state index contributed by atoms with van der Waals surface area (Å²) in [6.45, 7) is 5.07. The maximum absolute atomic E-state index is 11.0. The van der Waals surface area contributed by atoms with Crippen molar-refractivity contribution in [2.75, 3.05) is 18.0 Å². The zero-order valence-electron chi connectivity index (χ0n) is 10.4. The van der Waals surface area contributed by atoms with Crippen molar-refractivity contribution in [3.05, 3.63) is 22.8 Å². The van der Waals surface area contributed by atoms with Crippen LogP contribution in [-0.2, 0) is 0 Å². The van der Waals surface area contributed by atoms with E-state index in [1.165, 1.54) is 4.90 Å². The molecule has 0 aromatic carbocycles. The lowest BCUT2D eigenvalue weighted by molar-refractivity contribution is 0.128. The minimum Gasteiger partial charge on any atom is -0.465 e. The number of aromatic nitrogens is 1. The first kappa shape index (κ1) is 13.1. The lowest BCUT2D eigenvalue weighted by Gasteiger charge is -2.44. The van der Waals surface area contributed by atoms with E-state index >= 15 is 0 Å². The van der Waals surface area contributed by atoms with Crippen molar-refractivity contribution >= 4 is 27.8 Å². The Hall–Kier alpha value is -1.30. The van der Waals surface area contributed by atoms with Crippen molar-refractivity contribution in [1.82, 2.24) is 9.88 Å². The first-order chi connectivity index (χ1) is 8.49. The number of carbonyl (C=O) groups is 1. The van der Waals surface area contributed by atoms with E-state index in [2.05, 4.69) is 25.8 Å². The number of carboxylic acid groups (broad SMARTS) is 1. The van der Waals surface area contributed by atoms with Crippen molar-refractivity contribution < 1.29 is 9.90 Å². The number of anilines is 1. The van der Waals surface area contributed by atoms with Gasteiger partial charge >= 0.3 is 6.09 Å². The van der Waals surface area contributed by atoms with Gasteiger partial charge in [-0.05, 0) is 41.9 Å². The summed E-state index contributed by atoms with van der Waals surface area (Å²) in [7, 11) is 0. The average Bonchev–Trinajstić information content (AvgIpc) is 2.30. The standard InChI is InChI=1S/C12H16BrN3O2/c1-8-6-15(12(17)18)7-9(2)16(8)11-4-3-10(13)5-14-11/h3-5,8-9H,6-7H2,1-2H3,(H,17,18). The molecule has 5 nitrogen and oxygen atoms in total. The number of hydrogen-bond donors (Lipinski definition) is 1. The van der Waals surface area contributed by atoms with Gasteiger partial charge in [-0.15, -0.1) is 0 Å². The zero-order chi connectivity index (χ0) is 13.3. The Labute approximate surface area is 115 Å². The molecule has 6 heteroatoms. The third-order valence-electron chi connectivity index (χ3n) is 3.17. The Morgan fingerprint density at radius 3 is 2.44 bits per heavy atom. The molecular weight excluding hydrogens is 298 g/mol. The number of piperazine rings is 1. The van der Waals surface area contributed by atoms with E-state index in [0.29, 0.717) is 13.1 Å². The van der Waals surface area contributed by atoms with E-state index < -0.39 is 6.09 Å². The van der Waals surface area contributed by atoms with Crippen molar-refractivity contribution in [1.29, 1.82) is 0 Å². The second kappa shape index (κ2) is 5.14. The third kappa shape index (κ3) is 2.58. The van der Waals surface area contributed by atoms with Crippen LogP contribution in [0.25, 0.3) is 0 Å². The lowest BCUT2D eigenvalue weighted by atomic mass is 10.1. The van der Waals surface area contributed by atoms with Crippen LogP contribution in [0.4, 0.5) is 10.6 Å². The number of rotatable bonds is 1. The molecular formula is C12H16BrN3O2. The third-order valence-corrected chi connectivity index (χ3v) is 3.63. The first-order valence-corrected chi connectivity index (χ1v) is 6.66. The Morgan fingerprint density at radius 2 is 2.00 bits per heavy atom. The predicted octanol–water partition coefficient (Wildman–Crippen LogP) is 2.42. The topological polar surface area (TPSA) is 56.7 Å². The monoisotopic (exact) mass is 313 g/mol. The van der Waals surface area contributed by atoms with E-state index in [1.807, 2.05) is 26.0 Å². The molecule has 1 aromatic heterocycles. The smallest absolute Gasteiger partial charge is 0.407 e. The van der Waals surface area contributed by atoms with Crippen LogP contribution in [-0.4, -0.2) is 46.3 Å². The highest BCUT2D eigenvalue weighted by molar-refractivity contribution is 9.10. The van der Waals surface area contributed by atoms with Crippen molar-refractivity contribution in [2.24, 2.45) is 0 Å². The zero-order valence-corrected chi connectivity index (χ0v) is 12.0. The Bertz CT molecular complexity index is 425. The Morgan fingerprint density at radius 1 is 1.39 bits per heavy atom. The summed E-state index contributed by atoms with van der Waals surface area (Å²) in [5, 5.41) is 9.05. The molecule has 98 valence electrons. The molecule has 0 radical (unpaired) electrons. The molecule has 1 aliphatic heterocycles. The summed E-state index contributed by atoms with van der Waals surface area (Å²) in [5.41, 5.74) is 0. The molecule has 2 unspecified atom stereocenters. The summed E-state index contributed by atoms with van der Waals surface area (Å²) >= 11 is 3.36. The van der Waals surface area contributed by atoms with Crippen LogP contribution in [0.2, 0.25) is 0 Å². The van der Waals surface area contributed by atoms with Gasteiger partial charge in [-0.1, -0.05) is 0 Å². The quantitative estimate of drug-likeness (QED) is 0.865. The summed E-state index contributed by atoms with van der Waals surface area (Å²) in [6.07, 6.45) is 0.912. The minimum atomic E-state index is -0.850. The normalized spacial score (nSPS) is 24.2. The Kier molecular flexibility index (Phi) is 3.75. The first-order valence-electron chi connectivity index (χ1n) is 5.87.